The highest BCUT2D eigenvalue weighted by atomic mass is 16.6. The Labute approximate surface area is 429 Å². The van der Waals surface area contributed by atoms with E-state index in [1.54, 1.807) is 34.0 Å². The van der Waals surface area contributed by atoms with Crippen molar-refractivity contribution in [2.45, 2.75) is 187 Å². The molecule has 408 valence electrons. The molecule has 3 N–H and O–H groups in total. The number of carbonyl (C=O) groups is 5. The van der Waals surface area contributed by atoms with Crippen molar-refractivity contribution in [3.8, 4) is 0 Å². The second-order valence-corrected chi connectivity index (χ2v) is 21.0. The van der Waals surface area contributed by atoms with Gasteiger partial charge < -0.3 is 53.4 Å². The highest BCUT2D eigenvalue weighted by Crippen LogP contribution is 2.38. The van der Waals surface area contributed by atoms with Crippen molar-refractivity contribution in [3.05, 3.63) is 47.6 Å². The van der Waals surface area contributed by atoms with Crippen LogP contribution in [0.4, 0.5) is 0 Å². The molecule has 3 fully saturated rings. The number of hydrogen-bond acceptors (Lipinski definition) is 15. The molecule has 3 aliphatic heterocycles. The highest BCUT2D eigenvalue weighted by molar-refractivity contribution is 6.39. The van der Waals surface area contributed by atoms with Gasteiger partial charge in [0.1, 0.15) is 30.1 Å². The Balaban J connectivity index is 1.71. The van der Waals surface area contributed by atoms with Gasteiger partial charge in [0.05, 0.1) is 50.8 Å². The van der Waals surface area contributed by atoms with Crippen LogP contribution in [-0.4, -0.2) is 158 Å². The van der Waals surface area contributed by atoms with Gasteiger partial charge in [-0.3, -0.25) is 19.2 Å². The van der Waals surface area contributed by atoms with Gasteiger partial charge in [-0.2, -0.15) is 0 Å². The summed E-state index contributed by atoms with van der Waals surface area (Å²) in [6.07, 6.45) is 11.7. The first kappa shape index (κ1) is 61.1. The van der Waals surface area contributed by atoms with Crippen molar-refractivity contribution in [2.24, 2.45) is 35.5 Å². The predicted molar refractivity (Wildman–Crippen MR) is 271 cm³/mol. The summed E-state index contributed by atoms with van der Waals surface area (Å²) in [7, 11) is 3.01. The maximum atomic E-state index is 14.5. The molecule has 3 heterocycles. The molecule has 1 amide bonds. The number of aliphatic hydroxyl groups excluding tert-OH is 2. The monoisotopic (exact) mass is 1020 g/mol. The van der Waals surface area contributed by atoms with Crippen molar-refractivity contribution in [2.75, 3.05) is 53.8 Å². The van der Waals surface area contributed by atoms with Crippen molar-refractivity contribution in [3.63, 3.8) is 0 Å². The molecule has 15 atom stereocenters. The molecule has 0 spiro atoms. The maximum Gasteiger partial charge on any atom is 0.329 e. The number of allylic oxidation sites excluding steroid dienone is 6. The zero-order valence-electron chi connectivity index (χ0n) is 45.0. The minimum atomic E-state index is -2.46. The number of aliphatic hydroxyl groups is 3. The molecule has 2 saturated heterocycles. The van der Waals surface area contributed by atoms with E-state index in [4.69, 9.17) is 33.2 Å². The van der Waals surface area contributed by atoms with Crippen LogP contribution < -0.4 is 0 Å². The van der Waals surface area contributed by atoms with Crippen LogP contribution in [0.2, 0.25) is 0 Å². The Morgan fingerprint density at radius 3 is 2.29 bits per heavy atom. The van der Waals surface area contributed by atoms with Crippen molar-refractivity contribution >= 4 is 29.2 Å². The van der Waals surface area contributed by atoms with Crippen molar-refractivity contribution in [1.82, 2.24) is 4.90 Å². The lowest BCUT2D eigenvalue weighted by atomic mass is 9.78. The van der Waals surface area contributed by atoms with E-state index in [0.29, 0.717) is 76.8 Å². The van der Waals surface area contributed by atoms with E-state index in [1.807, 2.05) is 65.0 Å². The summed E-state index contributed by atoms with van der Waals surface area (Å²) >= 11 is 0. The molecule has 1 saturated carbocycles. The zero-order valence-corrected chi connectivity index (χ0v) is 45.0. The molecular formula is C56H89NO15. The number of hydrogen-bond donors (Lipinski definition) is 3. The van der Waals surface area contributed by atoms with Gasteiger partial charge in [-0.1, -0.05) is 71.1 Å². The van der Waals surface area contributed by atoms with Crippen LogP contribution in [0, 0.1) is 35.5 Å². The first-order chi connectivity index (χ1) is 34.3. The number of Topliss-reactive ketones (excluding diaryl/α,β-unsaturated/α-hetero) is 3. The summed E-state index contributed by atoms with van der Waals surface area (Å²) in [6, 6.07) is -1.16. The van der Waals surface area contributed by atoms with Crippen molar-refractivity contribution in [1.29, 1.82) is 0 Å². The summed E-state index contributed by atoms with van der Waals surface area (Å²) < 4.78 is 41.7. The fourth-order valence-corrected chi connectivity index (χ4v) is 10.8. The number of esters is 1. The average Bonchev–Trinajstić information content (AvgIpc) is 3.36. The Morgan fingerprint density at radius 1 is 0.847 bits per heavy atom. The van der Waals surface area contributed by atoms with Gasteiger partial charge in [0.2, 0.25) is 5.79 Å². The van der Waals surface area contributed by atoms with Crippen LogP contribution in [0.3, 0.4) is 0 Å². The molecule has 16 heteroatoms. The standard InChI is InChI=1S/C56H89NO15/c1-11-68-27-28-70-47-33-43-22-20-41(8)56(65,72-43)53(62)54(63)57-24-16-15-19-44(57)55(64)71-48(38(5)31-42-21-23-46(69-26-25-58)49(32-42)66-9)34-45(59)37(4)30-40(7)51(61)52(67-10)50(60)39(6)29-35(2)17-13-12-14-18-36(47)3/h12-14,17-18,30,35,37-39,41-44,46-49,51-52,58,61,65H,11,15-16,19-29,31-34H2,1-10H3/b14-12?,17-13+,36-18?,40-30+/t35-,37-,38-,39-,41-,42+,43+,44+,46-,47?,48+,49-,51-,52+,56-/m1/s1. The minimum Gasteiger partial charge on any atom is -0.460 e. The second-order valence-electron chi connectivity index (χ2n) is 21.0. The normalized spacial score (nSPS) is 36.5. The summed E-state index contributed by atoms with van der Waals surface area (Å²) in [4.78, 5) is 72.6. The van der Waals surface area contributed by atoms with Gasteiger partial charge in [0, 0.05) is 58.0 Å². The van der Waals surface area contributed by atoms with Gasteiger partial charge in [0.15, 0.2) is 5.78 Å². The number of cyclic esters (lactones) is 1. The fraction of sp³-hybridized carbons (Fsp3) is 0.768. The van der Waals surface area contributed by atoms with Crippen LogP contribution in [0.25, 0.3) is 0 Å². The third-order valence-electron chi connectivity index (χ3n) is 15.3. The molecule has 0 aromatic heterocycles. The Morgan fingerprint density at radius 2 is 1.60 bits per heavy atom. The fourth-order valence-electron chi connectivity index (χ4n) is 10.8. The summed E-state index contributed by atoms with van der Waals surface area (Å²) in [5.41, 5.74) is 1.25. The van der Waals surface area contributed by atoms with Crippen LogP contribution in [0.15, 0.2) is 47.6 Å². The number of methoxy groups -OCH3 is 2. The van der Waals surface area contributed by atoms with Crippen LogP contribution in [-0.2, 0) is 57.1 Å². The van der Waals surface area contributed by atoms with Crippen LogP contribution in [0.5, 0.6) is 0 Å². The largest absolute Gasteiger partial charge is 0.460 e. The van der Waals surface area contributed by atoms with E-state index < -0.39 is 77.8 Å². The summed E-state index contributed by atoms with van der Waals surface area (Å²) in [5, 5.41) is 33.0. The first-order valence-electron chi connectivity index (χ1n) is 26.7. The molecule has 1 unspecified atom stereocenters. The third-order valence-corrected chi connectivity index (χ3v) is 15.3. The zero-order chi connectivity index (χ0) is 53.1. The molecule has 0 aromatic carbocycles. The Bertz CT molecular complexity index is 1880. The molecule has 16 nitrogen and oxygen atoms in total. The van der Waals surface area contributed by atoms with E-state index in [2.05, 4.69) is 0 Å². The van der Waals surface area contributed by atoms with E-state index in [9.17, 15) is 39.3 Å². The molecule has 0 radical (unpaired) electrons. The SMILES string of the molecule is CCOCCOC1C[C@@H]2CC[C@@H](C)[C@@](O)(O2)C(=O)C(=O)N2CCCC[C@H]2C(=O)O[C@H]([C@H](C)C[C@@H]2CC[C@@H](OCCO)[C@H](OC)C2)CC(=O)[C@H](C)/C=C(\C)[C@@H](O)[C@@H](OC)C(=O)[C@H](C)C[C@H](C)/C=C/C=CC=C1C. The van der Waals surface area contributed by atoms with Gasteiger partial charge >= 0.3 is 5.97 Å². The van der Waals surface area contributed by atoms with Crippen molar-refractivity contribution < 1.29 is 72.5 Å². The highest BCUT2D eigenvalue weighted by Gasteiger charge is 2.53. The maximum absolute atomic E-state index is 14.5. The number of amides is 1. The molecule has 4 rings (SSSR count). The second kappa shape index (κ2) is 30.2. The molecule has 4 aliphatic rings. The van der Waals surface area contributed by atoms with Gasteiger partial charge in [-0.05, 0) is 114 Å². The molecule has 1 aliphatic carbocycles. The molecular weight excluding hydrogens is 927 g/mol. The van der Waals surface area contributed by atoms with Gasteiger partial charge in [-0.15, -0.1) is 0 Å². The van der Waals surface area contributed by atoms with Gasteiger partial charge in [-0.25, -0.2) is 4.79 Å². The number of fused-ring (bicyclic) bond motifs is 3. The topological polar surface area (TPSA) is 214 Å². The summed E-state index contributed by atoms with van der Waals surface area (Å²) in [6.45, 7) is 16.0. The number of ether oxygens (including phenoxy) is 7. The van der Waals surface area contributed by atoms with E-state index in [0.717, 1.165) is 12.0 Å². The first-order valence-corrected chi connectivity index (χ1v) is 26.7. The lowest BCUT2D eigenvalue weighted by molar-refractivity contribution is -0.266. The average molecular weight is 1020 g/mol. The van der Waals surface area contributed by atoms with E-state index in [-0.39, 0.29) is 80.5 Å². The lowest BCUT2D eigenvalue weighted by Gasteiger charge is -2.43. The quantitative estimate of drug-likeness (QED) is 0.0767. The predicted octanol–water partition coefficient (Wildman–Crippen LogP) is 6.60. The minimum absolute atomic E-state index is 0.0000119. The Kier molecular flexibility index (Phi) is 25.6. The summed E-state index contributed by atoms with van der Waals surface area (Å²) in [5.74, 6) is -8.09. The van der Waals surface area contributed by atoms with E-state index in [1.165, 1.54) is 12.0 Å². The Hall–Kier alpha value is -3.45. The smallest absolute Gasteiger partial charge is 0.329 e. The molecule has 2 bridgehead atoms. The number of rotatable bonds is 13. The van der Waals surface area contributed by atoms with E-state index >= 15 is 0 Å². The lowest BCUT2D eigenvalue weighted by Crippen LogP contribution is -2.61. The van der Waals surface area contributed by atoms with Gasteiger partial charge in [0.25, 0.3) is 11.7 Å². The number of carbonyl (C=O) groups excluding carboxylic acids is 5. The van der Waals surface area contributed by atoms with Crippen LogP contribution >= 0.6 is 0 Å². The molecule has 0 aromatic rings. The molecule has 72 heavy (non-hydrogen) atoms. The number of nitrogens with zero attached hydrogens (tertiary/aromatic N) is 1. The van der Waals surface area contributed by atoms with Crippen LogP contribution in [0.1, 0.15) is 132 Å². The number of piperidine rings is 1. The number of ketones is 3. The third kappa shape index (κ3) is 17.3.